The van der Waals surface area contributed by atoms with E-state index in [2.05, 4.69) is 4.98 Å². The number of rotatable bonds is 3. The van der Waals surface area contributed by atoms with Gasteiger partial charge < -0.3 is 10.0 Å². The molecule has 21 heavy (non-hydrogen) atoms. The zero-order valence-electron chi connectivity index (χ0n) is 11.2. The summed E-state index contributed by atoms with van der Waals surface area (Å²) in [5, 5.41) is 9.28. The molecule has 0 radical (unpaired) electrons. The van der Waals surface area contributed by atoms with Gasteiger partial charge >= 0.3 is 12.1 Å². The number of aromatic nitrogens is 1. The first-order valence-electron chi connectivity index (χ1n) is 6.88. The third kappa shape index (κ3) is 2.69. The van der Waals surface area contributed by atoms with Crippen molar-refractivity contribution in [3.05, 3.63) is 23.9 Å². The lowest BCUT2D eigenvalue weighted by atomic mass is 9.92. The number of anilines is 1. The number of aliphatic carboxylic acids is 1. The van der Waals surface area contributed by atoms with E-state index in [4.69, 9.17) is 0 Å². The lowest BCUT2D eigenvalue weighted by Gasteiger charge is -2.21. The predicted octanol–water partition coefficient (Wildman–Crippen LogP) is 2.65. The van der Waals surface area contributed by atoms with Crippen molar-refractivity contribution in [1.82, 2.24) is 4.98 Å². The van der Waals surface area contributed by atoms with E-state index < -0.39 is 23.6 Å². The Morgan fingerprint density at radius 2 is 2.05 bits per heavy atom. The summed E-state index contributed by atoms with van der Waals surface area (Å²) in [5.41, 5.74) is -0.800. The second-order valence-corrected chi connectivity index (χ2v) is 5.72. The summed E-state index contributed by atoms with van der Waals surface area (Å²) in [7, 11) is 0. The Morgan fingerprint density at radius 3 is 2.62 bits per heavy atom. The highest BCUT2D eigenvalue weighted by Gasteiger charge is 2.47. The molecule has 1 saturated heterocycles. The first-order chi connectivity index (χ1) is 9.88. The van der Waals surface area contributed by atoms with Crippen LogP contribution >= 0.6 is 0 Å². The van der Waals surface area contributed by atoms with Crippen molar-refractivity contribution in [2.75, 3.05) is 18.0 Å². The summed E-state index contributed by atoms with van der Waals surface area (Å²) in [4.78, 5) is 16.7. The standard InChI is InChI=1S/C14H15F3N2O2/c15-14(16,17)11-2-1-5-18-12(11)19-6-9(8-3-4-8)10(7-19)13(20)21/h1-2,5,8-10H,3-4,6-7H2,(H,20,21)/t9-,10+/m0/s1. The summed E-state index contributed by atoms with van der Waals surface area (Å²) in [6, 6.07) is 2.23. The molecule has 1 aliphatic heterocycles. The molecule has 1 aromatic rings. The molecule has 2 fully saturated rings. The van der Waals surface area contributed by atoms with Crippen molar-refractivity contribution < 1.29 is 23.1 Å². The lowest BCUT2D eigenvalue weighted by Crippen LogP contribution is -2.26. The largest absolute Gasteiger partial charge is 0.481 e. The van der Waals surface area contributed by atoms with Crippen LogP contribution < -0.4 is 4.90 Å². The van der Waals surface area contributed by atoms with Crippen LogP contribution in [-0.2, 0) is 11.0 Å². The molecule has 1 saturated carbocycles. The number of carboxylic acid groups (broad SMARTS) is 1. The Labute approximate surface area is 119 Å². The van der Waals surface area contributed by atoms with E-state index in [9.17, 15) is 23.1 Å². The highest BCUT2D eigenvalue weighted by atomic mass is 19.4. The molecule has 2 heterocycles. The average molecular weight is 300 g/mol. The Hall–Kier alpha value is -1.79. The van der Waals surface area contributed by atoms with Crippen LogP contribution in [-0.4, -0.2) is 29.1 Å². The first kappa shape index (κ1) is 14.2. The van der Waals surface area contributed by atoms with E-state index in [1.807, 2.05) is 0 Å². The number of pyridine rings is 1. The van der Waals surface area contributed by atoms with Gasteiger partial charge in [0.1, 0.15) is 5.82 Å². The van der Waals surface area contributed by atoms with Gasteiger partial charge in [-0.2, -0.15) is 13.2 Å². The molecule has 7 heteroatoms. The van der Waals surface area contributed by atoms with E-state index in [1.54, 1.807) is 0 Å². The van der Waals surface area contributed by atoms with Gasteiger partial charge in [0.05, 0.1) is 11.5 Å². The molecule has 4 nitrogen and oxygen atoms in total. The second kappa shape index (κ2) is 4.89. The maximum Gasteiger partial charge on any atom is 0.419 e. The number of hydrogen-bond acceptors (Lipinski definition) is 3. The number of halogens is 3. The van der Waals surface area contributed by atoms with Gasteiger partial charge in [0.2, 0.25) is 0 Å². The summed E-state index contributed by atoms with van der Waals surface area (Å²) < 4.78 is 39.1. The molecule has 0 bridgehead atoms. The highest BCUT2D eigenvalue weighted by molar-refractivity contribution is 5.73. The predicted molar refractivity (Wildman–Crippen MR) is 68.8 cm³/mol. The van der Waals surface area contributed by atoms with Crippen LogP contribution in [0.2, 0.25) is 0 Å². The van der Waals surface area contributed by atoms with Crippen LogP contribution in [0, 0.1) is 17.8 Å². The minimum Gasteiger partial charge on any atom is -0.481 e. The summed E-state index contributed by atoms with van der Waals surface area (Å²) in [5.74, 6) is -1.45. The number of carboxylic acids is 1. The van der Waals surface area contributed by atoms with Crippen LogP contribution in [0.5, 0.6) is 0 Å². The minimum absolute atomic E-state index is 0.0782. The van der Waals surface area contributed by atoms with Crippen LogP contribution in [0.25, 0.3) is 0 Å². The third-order valence-corrected chi connectivity index (χ3v) is 4.30. The van der Waals surface area contributed by atoms with Crippen molar-refractivity contribution in [3.8, 4) is 0 Å². The zero-order chi connectivity index (χ0) is 15.2. The monoisotopic (exact) mass is 300 g/mol. The van der Waals surface area contributed by atoms with E-state index >= 15 is 0 Å². The van der Waals surface area contributed by atoms with Crippen molar-refractivity contribution in [2.45, 2.75) is 19.0 Å². The Kier molecular flexibility index (Phi) is 3.30. The quantitative estimate of drug-likeness (QED) is 0.932. The normalized spacial score (nSPS) is 26.1. The number of alkyl halides is 3. The third-order valence-electron chi connectivity index (χ3n) is 4.30. The average Bonchev–Trinajstić information content (AvgIpc) is 3.16. The molecule has 0 amide bonds. The summed E-state index contributed by atoms with van der Waals surface area (Å²) >= 11 is 0. The number of hydrogen-bond donors (Lipinski definition) is 1. The van der Waals surface area contributed by atoms with Gasteiger partial charge in [-0.3, -0.25) is 4.79 Å². The molecule has 2 atom stereocenters. The molecule has 1 N–H and O–H groups in total. The molecular formula is C14H15F3N2O2. The van der Waals surface area contributed by atoms with Gasteiger partial charge in [0.15, 0.2) is 0 Å². The first-order valence-corrected chi connectivity index (χ1v) is 6.88. The van der Waals surface area contributed by atoms with Crippen molar-refractivity contribution in [2.24, 2.45) is 17.8 Å². The SMILES string of the molecule is O=C(O)[C@@H]1CN(c2ncccc2C(F)(F)F)C[C@H]1C1CC1. The molecule has 0 spiro atoms. The van der Waals surface area contributed by atoms with Crippen LogP contribution in [0.1, 0.15) is 18.4 Å². The lowest BCUT2D eigenvalue weighted by molar-refractivity contribution is -0.142. The van der Waals surface area contributed by atoms with Gasteiger partial charge in [-0.15, -0.1) is 0 Å². The molecule has 3 rings (SSSR count). The molecule has 1 aromatic heterocycles. The van der Waals surface area contributed by atoms with Gasteiger partial charge in [-0.05, 0) is 36.8 Å². The molecule has 0 unspecified atom stereocenters. The Balaban J connectivity index is 1.90. The van der Waals surface area contributed by atoms with Crippen molar-refractivity contribution in [3.63, 3.8) is 0 Å². The molecule has 1 aliphatic carbocycles. The van der Waals surface area contributed by atoms with Crippen LogP contribution in [0.4, 0.5) is 19.0 Å². The smallest absolute Gasteiger partial charge is 0.419 e. The molecular weight excluding hydrogens is 285 g/mol. The molecule has 2 aliphatic rings. The topological polar surface area (TPSA) is 53.4 Å². The number of carbonyl (C=O) groups is 1. The zero-order valence-corrected chi connectivity index (χ0v) is 11.2. The van der Waals surface area contributed by atoms with Gasteiger partial charge in [-0.25, -0.2) is 4.98 Å². The fraction of sp³-hybridized carbons (Fsp3) is 0.571. The Bertz CT molecular complexity index is 557. The van der Waals surface area contributed by atoms with E-state index in [0.717, 1.165) is 18.9 Å². The number of nitrogens with zero attached hydrogens (tertiary/aromatic N) is 2. The van der Waals surface area contributed by atoms with Crippen molar-refractivity contribution >= 4 is 11.8 Å². The summed E-state index contributed by atoms with van der Waals surface area (Å²) in [6.07, 6.45) is -1.24. The molecule has 0 aromatic carbocycles. The van der Waals surface area contributed by atoms with Gasteiger partial charge in [0.25, 0.3) is 0 Å². The van der Waals surface area contributed by atoms with Crippen molar-refractivity contribution in [1.29, 1.82) is 0 Å². The van der Waals surface area contributed by atoms with Gasteiger partial charge in [0, 0.05) is 19.3 Å². The van der Waals surface area contributed by atoms with Crippen LogP contribution in [0.3, 0.4) is 0 Å². The maximum atomic E-state index is 13.0. The van der Waals surface area contributed by atoms with Crippen LogP contribution in [0.15, 0.2) is 18.3 Å². The fourth-order valence-corrected chi connectivity index (χ4v) is 3.14. The summed E-state index contributed by atoms with van der Waals surface area (Å²) in [6.45, 7) is 0.429. The van der Waals surface area contributed by atoms with E-state index in [-0.39, 0.29) is 18.3 Å². The van der Waals surface area contributed by atoms with Gasteiger partial charge in [-0.1, -0.05) is 0 Å². The second-order valence-electron chi connectivity index (χ2n) is 5.72. The minimum atomic E-state index is -4.49. The fourth-order valence-electron chi connectivity index (χ4n) is 3.14. The molecule has 114 valence electrons. The van der Waals surface area contributed by atoms with E-state index in [0.29, 0.717) is 12.5 Å². The Morgan fingerprint density at radius 1 is 1.33 bits per heavy atom. The van der Waals surface area contributed by atoms with E-state index in [1.165, 1.54) is 17.2 Å². The highest BCUT2D eigenvalue weighted by Crippen LogP contribution is 2.46. The maximum absolute atomic E-state index is 13.0.